The monoisotopic (exact) mass is 365 g/mol. The maximum Gasteiger partial charge on any atom is 0.173 e. The van der Waals surface area contributed by atoms with Crippen LogP contribution in [0.2, 0.25) is 0 Å². The van der Waals surface area contributed by atoms with Gasteiger partial charge in [0.2, 0.25) is 0 Å². The van der Waals surface area contributed by atoms with Crippen LogP contribution >= 0.6 is 0 Å². The van der Waals surface area contributed by atoms with Gasteiger partial charge in [0.1, 0.15) is 17.1 Å². The van der Waals surface area contributed by atoms with Gasteiger partial charge in [0.15, 0.2) is 14.7 Å². The summed E-state index contributed by atoms with van der Waals surface area (Å²) in [5.41, 5.74) is -0.262. The lowest BCUT2D eigenvalue weighted by atomic mass is 10.2. The number of methoxy groups -OCH3 is 1. The smallest absolute Gasteiger partial charge is 0.173 e. The number of rotatable bonds is 5. The van der Waals surface area contributed by atoms with Crippen LogP contribution in [-0.4, -0.2) is 12.7 Å². The summed E-state index contributed by atoms with van der Waals surface area (Å²) in [5.74, 6) is 1.64. The van der Waals surface area contributed by atoms with Gasteiger partial charge in [-0.1, -0.05) is 36.4 Å². The molecule has 0 heterocycles. The van der Waals surface area contributed by atoms with Crippen LogP contribution in [0.3, 0.4) is 0 Å². The predicted molar refractivity (Wildman–Crippen MR) is 108 cm³/mol. The molecule has 3 aromatic carbocycles. The minimum absolute atomic E-state index is 0.225. The Morgan fingerprint density at radius 1 is 0.654 bits per heavy atom. The molecule has 3 aromatic rings. The molecule has 2 nitrogen and oxygen atoms in total. The van der Waals surface area contributed by atoms with Crippen molar-refractivity contribution >= 4 is 10.9 Å². The third kappa shape index (κ3) is 4.61. The predicted octanol–water partition coefficient (Wildman–Crippen LogP) is 5.97. The third-order valence-corrected chi connectivity index (χ3v) is 5.90. The van der Waals surface area contributed by atoms with Gasteiger partial charge in [0, 0.05) is 18.2 Å². The molecule has 3 heteroatoms. The molecule has 0 amide bonds. The Morgan fingerprint density at radius 2 is 1.15 bits per heavy atom. The van der Waals surface area contributed by atoms with Crippen molar-refractivity contribution in [1.82, 2.24) is 0 Å². The molecular weight excluding hydrogens is 340 g/mol. The van der Waals surface area contributed by atoms with Crippen molar-refractivity contribution in [3.8, 4) is 11.5 Å². The minimum atomic E-state index is -0.262. The standard InChI is InChI=1S/C23H25O2S/c1-23(2,3)25-19-15-18(24-4)16-22(17-19)26(20-11-7-5-8-12-20)21-13-9-6-10-14-21/h5-17H,1-4H3/q+1. The van der Waals surface area contributed by atoms with E-state index in [9.17, 15) is 0 Å². The van der Waals surface area contributed by atoms with E-state index in [-0.39, 0.29) is 16.5 Å². The van der Waals surface area contributed by atoms with Crippen LogP contribution in [0.1, 0.15) is 20.8 Å². The highest BCUT2D eigenvalue weighted by Gasteiger charge is 2.30. The summed E-state index contributed by atoms with van der Waals surface area (Å²) in [4.78, 5) is 3.73. The lowest BCUT2D eigenvalue weighted by Gasteiger charge is -2.22. The molecule has 0 unspecified atom stereocenters. The van der Waals surface area contributed by atoms with E-state index < -0.39 is 0 Å². The average molecular weight is 366 g/mol. The van der Waals surface area contributed by atoms with Crippen molar-refractivity contribution in [1.29, 1.82) is 0 Å². The van der Waals surface area contributed by atoms with Gasteiger partial charge >= 0.3 is 0 Å². The Bertz CT molecular complexity index is 800. The summed E-state index contributed by atoms with van der Waals surface area (Å²) in [6.45, 7) is 6.17. The number of hydrogen-bond acceptors (Lipinski definition) is 2. The second-order valence-corrected chi connectivity index (χ2v) is 9.02. The van der Waals surface area contributed by atoms with Crippen molar-refractivity contribution in [3.05, 3.63) is 78.9 Å². The molecule has 0 aromatic heterocycles. The van der Waals surface area contributed by atoms with Gasteiger partial charge in [0.05, 0.1) is 18.0 Å². The molecule has 0 bridgehead atoms. The van der Waals surface area contributed by atoms with E-state index in [1.807, 2.05) is 6.07 Å². The van der Waals surface area contributed by atoms with E-state index in [2.05, 4.69) is 93.6 Å². The number of benzene rings is 3. The molecule has 0 spiro atoms. The van der Waals surface area contributed by atoms with E-state index in [4.69, 9.17) is 9.47 Å². The summed E-state index contributed by atoms with van der Waals surface area (Å²) in [6, 6.07) is 27.4. The van der Waals surface area contributed by atoms with Gasteiger partial charge in [-0.05, 0) is 45.0 Å². The van der Waals surface area contributed by atoms with Crippen LogP contribution < -0.4 is 9.47 Å². The summed E-state index contributed by atoms with van der Waals surface area (Å²) in [7, 11) is 1.47. The van der Waals surface area contributed by atoms with Crippen LogP contribution in [0.4, 0.5) is 0 Å². The largest absolute Gasteiger partial charge is 0.496 e. The molecule has 0 saturated heterocycles. The van der Waals surface area contributed by atoms with Gasteiger partial charge in [-0.25, -0.2) is 0 Å². The van der Waals surface area contributed by atoms with E-state index >= 15 is 0 Å². The summed E-state index contributed by atoms with van der Waals surface area (Å²) >= 11 is 0. The highest BCUT2D eigenvalue weighted by atomic mass is 32.2. The van der Waals surface area contributed by atoms with Crippen LogP contribution in [0.25, 0.3) is 0 Å². The Morgan fingerprint density at radius 3 is 1.62 bits per heavy atom. The van der Waals surface area contributed by atoms with Crippen molar-refractivity contribution < 1.29 is 9.47 Å². The zero-order chi connectivity index (χ0) is 18.6. The van der Waals surface area contributed by atoms with E-state index in [0.29, 0.717) is 0 Å². The molecule has 0 aliphatic rings. The van der Waals surface area contributed by atoms with Crippen LogP contribution in [0.15, 0.2) is 93.5 Å². The van der Waals surface area contributed by atoms with Gasteiger partial charge < -0.3 is 9.47 Å². The van der Waals surface area contributed by atoms with Crippen LogP contribution in [-0.2, 0) is 10.9 Å². The van der Waals surface area contributed by atoms with Crippen molar-refractivity contribution in [2.75, 3.05) is 7.11 Å². The fraction of sp³-hybridized carbons (Fsp3) is 0.217. The van der Waals surface area contributed by atoms with Crippen LogP contribution in [0.5, 0.6) is 11.5 Å². The second-order valence-electron chi connectivity index (χ2n) is 6.99. The first-order valence-corrected chi connectivity index (χ1v) is 9.91. The summed E-state index contributed by atoms with van der Waals surface area (Å²) in [5, 5.41) is 0. The molecule has 3 rings (SSSR count). The molecule has 0 aliphatic carbocycles. The first-order chi connectivity index (χ1) is 12.5. The second kappa shape index (κ2) is 7.88. The lowest BCUT2D eigenvalue weighted by molar-refractivity contribution is 0.130. The van der Waals surface area contributed by atoms with Crippen LogP contribution in [0, 0.1) is 0 Å². The van der Waals surface area contributed by atoms with Crippen molar-refractivity contribution in [3.63, 3.8) is 0 Å². The first-order valence-electron chi connectivity index (χ1n) is 8.69. The van der Waals surface area contributed by atoms with E-state index in [1.54, 1.807) is 7.11 Å². The van der Waals surface area contributed by atoms with Gasteiger partial charge in [-0.3, -0.25) is 0 Å². The zero-order valence-corrected chi connectivity index (χ0v) is 16.5. The molecule has 0 radical (unpaired) electrons. The Kier molecular flexibility index (Phi) is 5.58. The number of hydrogen-bond donors (Lipinski definition) is 0. The van der Waals surface area contributed by atoms with Crippen molar-refractivity contribution in [2.24, 2.45) is 0 Å². The molecule has 26 heavy (non-hydrogen) atoms. The Hall–Kier alpha value is -2.39. The Labute approximate surface area is 159 Å². The van der Waals surface area contributed by atoms with Gasteiger partial charge in [0.25, 0.3) is 0 Å². The SMILES string of the molecule is COc1cc(OC(C)(C)C)cc([S+](c2ccccc2)c2ccccc2)c1. The number of ether oxygens (including phenoxy) is 2. The molecule has 0 N–H and O–H groups in total. The van der Waals surface area contributed by atoms with Gasteiger partial charge in [-0.2, -0.15) is 0 Å². The normalized spacial score (nSPS) is 11.4. The van der Waals surface area contributed by atoms with Gasteiger partial charge in [-0.15, -0.1) is 0 Å². The first kappa shape index (κ1) is 18.4. The molecule has 0 saturated carbocycles. The maximum absolute atomic E-state index is 6.13. The van der Waals surface area contributed by atoms with E-state index in [1.165, 1.54) is 14.7 Å². The highest BCUT2D eigenvalue weighted by molar-refractivity contribution is 7.97. The molecule has 134 valence electrons. The Balaban J connectivity index is 2.13. The third-order valence-electron chi connectivity index (χ3n) is 3.71. The lowest BCUT2D eigenvalue weighted by Crippen LogP contribution is -2.23. The molecule has 0 atom stereocenters. The van der Waals surface area contributed by atoms with Crippen molar-refractivity contribution in [2.45, 2.75) is 41.1 Å². The summed E-state index contributed by atoms with van der Waals surface area (Å²) < 4.78 is 11.7. The average Bonchev–Trinajstić information content (AvgIpc) is 2.62. The molecular formula is C23H25O2S+. The minimum Gasteiger partial charge on any atom is -0.496 e. The quantitative estimate of drug-likeness (QED) is 0.519. The molecule has 0 aliphatic heterocycles. The highest BCUT2D eigenvalue weighted by Crippen LogP contribution is 2.36. The maximum atomic E-state index is 6.13. The van der Waals surface area contributed by atoms with E-state index in [0.717, 1.165) is 11.5 Å². The fourth-order valence-electron chi connectivity index (χ4n) is 2.72. The fourth-order valence-corrected chi connectivity index (χ4v) is 4.86. The zero-order valence-electron chi connectivity index (χ0n) is 15.7. The summed E-state index contributed by atoms with van der Waals surface area (Å²) in [6.07, 6.45) is 0. The topological polar surface area (TPSA) is 18.5 Å². The molecule has 0 fully saturated rings.